The topological polar surface area (TPSA) is 86.4 Å². The Morgan fingerprint density at radius 2 is 1.97 bits per heavy atom. The first-order chi connectivity index (χ1) is 16.1. The van der Waals surface area contributed by atoms with Gasteiger partial charge in [-0.15, -0.1) is 0 Å². The summed E-state index contributed by atoms with van der Waals surface area (Å²) >= 11 is 0. The molecule has 34 heavy (non-hydrogen) atoms. The largest absolute Gasteiger partial charge is 0.336 e. The number of hydrogen-bond donors (Lipinski definition) is 1. The van der Waals surface area contributed by atoms with Crippen LogP contribution < -0.4 is 5.56 Å². The van der Waals surface area contributed by atoms with Crippen LogP contribution in [0.3, 0.4) is 0 Å². The highest BCUT2D eigenvalue weighted by molar-refractivity contribution is 5.97. The zero-order chi connectivity index (χ0) is 24.6. The van der Waals surface area contributed by atoms with E-state index in [1.165, 1.54) is 23.5 Å². The first-order valence-electron chi connectivity index (χ1n) is 12.0. The quantitative estimate of drug-likeness (QED) is 0.746. The lowest BCUT2D eigenvalue weighted by molar-refractivity contribution is -0.139. The van der Waals surface area contributed by atoms with E-state index in [1.807, 2.05) is 11.8 Å². The number of nitrogens with zero attached hydrogens (tertiary/aromatic N) is 3. The van der Waals surface area contributed by atoms with E-state index in [0.29, 0.717) is 36.3 Å². The number of carbonyl (C=O) groups excluding carboxylic acids is 2. The number of H-pyrrole nitrogens is 1. The number of nitrogens with one attached hydrogen (secondary N) is 1. The third kappa shape index (κ3) is 4.91. The molecule has 2 amide bonds. The third-order valence-corrected chi connectivity index (χ3v) is 7.43. The average molecular weight is 469 g/mol. The predicted molar refractivity (Wildman–Crippen MR) is 127 cm³/mol. The van der Waals surface area contributed by atoms with Gasteiger partial charge in [0, 0.05) is 31.1 Å². The molecule has 0 bridgehead atoms. The molecule has 1 unspecified atom stereocenters. The van der Waals surface area contributed by atoms with Gasteiger partial charge < -0.3 is 9.80 Å². The maximum absolute atomic E-state index is 14.7. The summed E-state index contributed by atoms with van der Waals surface area (Å²) in [4.78, 5) is 41.2. The Kier molecular flexibility index (Phi) is 6.60. The number of hydrogen-bond acceptors (Lipinski definition) is 4. The Hall–Kier alpha value is -3.03. The molecule has 0 radical (unpaired) electrons. The molecule has 2 aliphatic rings. The van der Waals surface area contributed by atoms with E-state index in [9.17, 15) is 18.8 Å². The van der Waals surface area contributed by atoms with Gasteiger partial charge in [0.25, 0.3) is 11.5 Å². The van der Waals surface area contributed by atoms with Crippen LogP contribution >= 0.6 is 0 Å². The molecule has 2 heterocycles. The van der Waals surface area contributed by atoms with Gasteiger partial charge in [0.05, 0.1) is 11.3 Å². The summed E-state index contributed by atoms with van der Waals surface area (Å²) in [6.45, 7) is 8.87. The van der Waals surface area contributed by atoms with E-state index in [2.05, 4.69) is 24.0 Å². The Bertz CT molecular complexity index is 1170. The van der Waals surface area contributed by atoms with Gasteiger partial charge in [-0.3, -0.25) is 14.4 Å². The molecule has 1 atom stereocenters. The molecule has 1 saturated heterocycles. The molecular weight excluding hydrogens is 435 g/mol. The van der Waals surface area contributed by atoms with Crippen molar-refractivity contribution < 1.29 is 14.0 Å². The molecule has 7 nitrogen and oxygen atoms in total. The number of benzene rings is 1. The fourth-order valence-electron chi connectivity index (χ4n) is 5.22. The third-order valence-electron chi connectivity index (χ3n) is 7.43. The number of aromatic amines is 1. The highest BCUT2D eigenvalue weighted by Crippen LogP contribution is 2.37. The van der Waals surface area contributed by atoms with Crippen LogP contribution in [-0.4, -0.2) is 57.5 Å². The number of rotatable bonds is 4. The molecule has 2 aromatic rings. The number of halogens is 1. The highest BCUT2D eigenvalue weighted by atomic mass is 19.1. The molecular formula is C26H33FN4O3. The lowest BCUT2D eigenvalue weighted by Gasteiger charge is -2.44. The fourth-order valence-corrected chi connectivity index (χ4v) is 5.22. The first-order valence-corrected chi connectivity index (χ1v) is 12.0. The molecule has 8 heteroatoms. The van der Waals surface area contributed by atoms with Gasteiger partial charge in [-0.2, -0.15) is 5.10 Å². The van der Waals surface area contributed by atoms with E-state index in [0.717, 1.165) is 24.8 Å². The van der Waals surface area contributed by atoms with E-state index < -0.39 is 11.7 Å². The summed E-state index contributed by atoms with van der Waals surface area (Å²) in [5.74, 6) is -1.15. The molecule has 1 N–H and O–H groups in total. The van der Waals surface area contributed by atoms with Crippen LogP contribution in [0.5, 0.6) is 0 Å². The van der Waals surface area contributed by atoms with Crippen molar-refractivity contribution in [3.05, 3.63) is 62.3 Å². The van der Waals surface area contributed by atoms with Gasteiger partial charge in [0.1, 0.15) is 12.4 Å². The minimum absolute atomic E-state index is 0.0286. The van der Waals surface area contributed by atoms with E-state index in [1.54, 1.807) is 13.0 Å². The van der Waals surface area contributed by atoms with Crippen LogP contribution in [0.15, 0.2) is 23.0 Å². The second kappa shape index (κ2) is 9.31. The highest BCUT2D eigenvalue weighted by Gasteiger charge is 2.37. The number of amides is 2. The number of piperazine rings is 1. The van der Waals surface area contributed by atoms with Gasteiger partial charge in [-0.05, 0) is 61.8 Å². The van der Waals surface area contributed by atoms with Crippen molar-refractivity contribution in [3.8, 4) is 0 Å². The van der Waals surface area contributed by atoms with E-state index >= 15 is 0 Å². The van der Waals surface area contributed by atoms with Crippen LogP contribution in [0.4, 0.5) is 4.39 Å². The summed E-state index contributed by atoms with van der Waals surface area (Å²) < 4.78 is 14.7. The van der Waals surface area contributed by atoms with Crippen molar-refractivity contribution in [1.82, 2.24) is 20.0 Å². The van der Waals surface area contributed by atoms with Crippen molar-refractivity contribution in [3.63, 3.8) is 0 Å². The van der Waals surface area contributed by atoms with E-state index in [4.69, 9.17) is 0 Å². The van der Waals surface area contributed by atoms with Crippen LogP contribution in [-0.2, 0) is 11.2 Å². The van der Waals surface area contributed by atoms with Crippen molar-refractivity contribution >= 4 is 11.8 Å². The van der Waals surface area contributed by atoms with Crippen LogP contribution in [0.25, 0.3) is 0 Å². The standard InChI is InChI=1S/C26H33FN4O3/c1-16-17(2)24(33)29-28-22(16)13-18-7-8-21(27)20(12-18)25(34)30-10-11-31(23(32)15-30)19-6-5-9-26(3,4)14-19/h7-8,12,19H,5-6,9-11,13-15H2,1-4H3,(H,29,33). The Morgan fingerprint density at radius 1 is 1.21 bits per heavy atom. The normalized spacial score (nSPS) is 20.5. The molecule has 1 aromatic carbocycles. The van der Waals surface area contributed by atoms with Crippen LogP contribution in [0.1, 0.15) is 72.3 Å². The number of carbonyl (C=O) groups is 2. The maximum atomic E-state index is 14.7. The Morgan fingerprint density at radius 3 is 2.68 bits per heavy atom. The molecule has 1 saturated carbocycles. The van der Waals surface area contributed by atoms with Crippen molar-refractivity contribution in [2.24, 2.45) is 5.41 Å². The van der Waals surface area contributed by atoms with Crippen LogP contribution in [0.2, 0.25) is 0 Å². The molecule has 1 aliphatic heterocycles. The summed E-state index contributed by atoms with van der Waals surface area (Å²) in [5, 5.41) is 6.59. The minimum atomic E-state index is -0.611. The second-order valence-electron chi connectivity index (χ2n) is 10.5. The molecule has 182 valence electrons. The Balaban J connectivity index is 1.48. The summed E-state index contributed by atoms with van der Waals surface area (Å²) in [7, 11) is 0. The average Bonchev–Trinajstić information content (AvgIpc) is 2.79. The Labute approximate surface area is 199 Å². The predicted octanol–water partition coefficient (Wildman–Crippen LogP) is 3.37. The SMILES string of the molecule is Cc1c(Cc2ccc(F)c(C(=O)N3CCN(C4CCCC(C)(C)C4)C(=O)C3)c2)n[nH]c(=O)c1C. The van der Waals surface area contributed by atoms with Gasteiger partial charge in [0.15, 0.2) is 0 Å². The lowest BCUT2D eigenvalue weighted by Crippen LogP contribution is -2.56. The number of aromatic nitrogens is 2. The molecule has 4 rings (SSSR count). The molecule has 0 spiro atoms. The molecule has 2 fully saturated rings. The first kappa shape index (κ1) is 24.1. The molecule has 1 aromatic heterocycles. The van der Waals surface area contributed by atoms with Crippen molar-refractivity contribution in [2.75, 3.05) is 19.6 Å². The monoisotopic (exact) mass is 468 g/mol. The van der Waals surface area contributed by atoms with Crippen molar-refractivity contribution in [2.45, 2.75) is 65.8 Å². The summed E-state index contributed by atoms with van der Waals surface area (Å²) in [6, 6.07) is 4.63. The smallest absolute Gasteiger partial charge is 0.267 e. The maximum Gasteiger partial charge on any atom is 0.267 e. The summed E-state index contributed by atoms with van der Waals surface area (Å²) in [6.07, 6.45) is 4.59. The van der Waals surface area contributed by atoms with Crippen molar-refractivity contribution in [1.29, 1.82) is 0 Å². The molecule has 1 aliphatic carbocycles. The summed E-state index contributed by atoms with van der Waals surface area (Å²) in [5.41, 5.74) is 2.67. The van der Waals surface area contributed by atoms with Gasteiger partial charge in [-0.25, -0.2) is 9.49 Å². The lowest BCUT2D eigenvalue weighted by atomic mass is 9.74. The van der Waals surface area contributed by atoms with Gasteiger partial charge in [0.2, 0.25) is 5.91 Å². The zero-order valence-corrected chi connectivity index (χ0v) is 20.4. The fraction of sp³-hybridized carbons (Fsp3) is 0.538. The van der Waals surface area contributed by atoms with E-state index in [-0.39, 0.29) is 35.0 Å². The van der Waals surface area contributed by atoms with Gasteiger partial charge in [-0.1, -0.05) is 26.3 Å². The van der Waals surface area contributed by atoms with Gasteiger partial charge >= 0.3 is 0 Å². The van der Waals surface area contributed by atoms with Crippen LogP contribution in [0, 0.1) is 25.1 Å². The second-order valence-corrected chi connectivity index (χ2v) is 10.5. The minimum Gasteiger partial charge on any atom is -0.336 e. The zero-order valence-electron chi connectivity index (χ0n) is 20.4.